The second kappa shape index (κ2) is 7.42. The molecule has 0 bridgehead atoms. The number of amides is 1. The number of aryl methyl sites for hydroxylation is 1. The van der Waals surface area contributed by atoms with E-state index >= 15 is 0 Å². The Kier molecular flexibility index (Phi) is 5.78. The fourth-order valence-corrected chi connectivity index (χ4v) is 4.16. The first-order valence-corrected chi connectivity index (χ1v) is 9.37. The van der Waals surface area contributed by atoms with E-state index in [1.165, 1.54) is 4.31 Å². The molecule has 1 fully saturated rings. The number of rotatable bonds is 5. The van der Waals surface area contributed by atoms with Gasteiger partial charge in [-0.2, -0.15) is 4.31 Å². The van der Waals surface area contributed by atoms with Gasteiger partial charge >= 0.3 is 0 Å². The maximum Gasteiger partial charge on any atom is 0.251 e. The Morgan fingerprint density at radius 2 is 1.96 bits per heavy atom. The molecule has 1 aromatic rings. The summed E-state index contributed by atoms with van der Waals surface area (Å²) in [5, 5.41) is 2.67. The molecule has 2 rings (SSSR count). The molecule has 0 aliphatic carbocycles. The van der Waals surface area contributed by atoms with Crippen molar-refractivity contribution in [2.24, 2.45) is 0 Å². The van der Waals surface area contributed by atoms with E-state index in [2.05, 4.69) is 5.32 Å². The van der Waals surface area contributed by atoms with Crippen molar-refractivity contribution in [2.45, 2.75) is 33.0 Å². The molecular weight excluding hydrogens is 316 g/mol. The molecule has 0 radical (unpaired) electrons. The number of benzene rings is 1. The molecular formula is C16H24N2O4S. The molecule has 1 N–H and O–H groups in total. The van der Waals surface area contributed by atoms with Crippen molar-refractivity contribution in [2.75, 3.05) is 25.4 Å². The van der Waals surface area contributed by atoms with Crippen LogP contribution in [-0.2, 0) is 14.8 Å². The van der Waals surface area contributed by atoms with Gasteiger partial charge in [-0.25, -0.2) is 8.42 Å². The average Bonchev–Trinajstić information content (AvgIpc) is 2.46. The van der Waals surface area contributed by atoms with E-state index in [0.29, 0.717) is 18.7 Å². The van der Waals surface area contributed by atoms with E-state index < -0.39 is 10.0 Å². The van der Waals surface area contributed by atoms with Crippen molar-refractivity contribution in [3.8, 4) is 0 Å². The van der Waals surface area contributed by atoms with Crippen LogP contribution < -0.4 is 5.32 Å². The maximum absolute atomic E-state index is 12.4. The van der Waals surface area contributed by atoms with Gasteiger partial charge in [0.05, 0.1) is 18.0 Å². The highest BCUT2D eigenvalue weighted by molar-refractivity contribution is 7.89. The SMILES string of the molecule is Cc1cccc(C(=O)NCCS(=O)(=O)N2C[C@H](C)O[C@@H](C)C2)c1. The average molecular weight is 340 g/mol. The highest BCUT2D eigenvalue weighted by atomic mass is 32.2. The van der Waals surface area contributed by atoms with Gasteiger partial charge in [0.15, 0.2) is 0 Å². The number of ether oxygens (including phenoxy) is 1. The highest BCUT2D eigenvalue weighted by Crippen LogP contribution is 2.14. The summed E-state index contributed by atoms with van der Waals surface area (Å²) in [7, 11) is -3.40. The standard InChI is InChI=1S/C16H24N2O4S/c1-12-5-4-6-15(9-12)16(19)17-7-8-23(20,21)18-10-13(2)22-14(3)11-18/h4-6,9,13-14H,7-8,10-11H2,1-3H3,(H,17,19)/t13-,14-/m0/s1. The summed E-state index contributed by atoms with van der Waals surface area (Å²) >= 11 is 0. The van der Waals surface area contributed by atoms with Crippen LogP contribution in [0, 0.1) is 6.92 Å². The quantitative estimate of drug-likeness (QED) is 0.873. The van der Waals surface area contributed by atoms with Crippen molar-refractivity contribution < 1.29 is 17.9 Å². The number of sulfonamides is 1. The van der Waals surface area contributed by atoms with Crippen LogP contribution in [0.2, 0.25) is 0 Å². The van der Waals surface area contributed by atoms with E-state index in [-0.39, 0.29) is 30.4 Å². The lowest BCUT2D eigenvalue weighted by Crippen LogP contribution is -2.49. The van der Waals surface area contributed by atoms with Crippen LogP contribution in [-0.4, -0.2) is 56.2 Å². The van der Waals surface area contributed by atoms with Crippen LogP contribution >= 0.6 is 0 Å². The molecule has 6 nitrogen and oxygen atoms in total. The topological polar surface area (TPSA) is 75.7 Å². The van der Waals surface area contributed by atoms with Gasteiger partial charge in [-0.15, -0.1) is 0 Å². The van der Waals surface area contributed by atoms with Crippen LogP contribution in [0.15, 0.2) is 24.3 Å². The summed E-state index contributed by atoms with van der Waals surface area (Å²) in [6.45, 7) is 6.43. The Morgan fingerprint density at radius 1 is 1.30 bits per heavy atom. The lowest BCUT2D eigenvalue weighted by molar-refractivity contribution is -0.0440. The number of carbonyl (C=O) groups is 1. The summed E-state index contributed by atoms with van der Waals surface area (Å²) in [5.41, 5.74) is 1.53. The zero-order valence-corrected chi connectivity index (χ0v) is 14.6. The normalized spacial score (nSPS) is 22.7. The van der Waals surface area contributed by atoms with Gasteiger partial charge in [0.2, 0.25) is 10.0 Å². The fraction of sp³-hybridized carbons (Fsp3) is 0.562. The predicted octanol–water partition coefficient (Wildman–Crippen LogP) is 1.16. The zero-order valence-electron chi connectivity index (χ0n) is 13.8. The summed E-state index contributed by atoms with van der Waals surface area (Å²) in [5.74, 6) is -0.364. The first-order chi connectivity index (χ1) is 10.8. The minimum atomic E-state index is -3.40. The largest absolute Gasteiger partial charge is 0.373 e. The molecule has 1 aliphatic heterocycles. The Balaban J connectivity index is 1.88. The molecule has 23 heavy (non-hydrogen) atoms. The lowest BCUT2D eigenvalue weighted by Gasteiger charge is -2.34. The van der Waals surface area contributed by atoms with Crippen LogP contribution in [0.4, 0.5) is 0 Å². The van der Waals surface area contributed by atoms with E-state index in [9.17, 15) is 13.2 Å². The highest BCUT2D eigenvalue weighted by Gasteiger charge is 2.30. The first kappa shape index (κ1) is 17.9. The van der Waals surface area contributed by atoms with Crippen LogP contribution in [0.25, 0.3) is 0 Å². The minimum absolute atomic E-state index is 0.0925. The van der Waals surface area contributed by atoms with Crippen LogP contribution in [0.3, 0.4) is 0 Å². The third-order valence-corrected chi connectivity index (χ3v) is 5.51. The van der Waals surface area contributed by atoms with Crippen molar-refractivity contribution in [1.29, 1.82) is 0 Å². The number of carbonyl (C=O) groups excluding carboxylic acids is 1. The maximum atomic E-state index is 12.4. The molecule has 1 aromatic carbocycles. The molecule has 2 atom stereocenters. The number of nitrogens with zero attached hydrogens (tertiary/aromatic N) is 1. The lowest BCUT2D eigenvalue weighted by atomic mass is 10.1. The fourth-order valence-electron chi connectivity index (χ4n) is 2.67. The zero-order chi connectivity index (χ0) is 17.0. The monoisotopic (exact) mass is 340 g/mol. The van der Waals surface area contributed by atoms with E-state index in [4.69, 9.17) is 4.74 Å². The minimum Gasteiger partial charge on any atom is -0.373 e. The molecule has 7 heteroatoms. The first-order valence-electron chi connectivity index (χ1n) is 7.76. The molecule has 0 saturated carbocycles. The number of hydrogen-bond donors (Lipinski definition) is 1. The smallest absolute Gasteiger partial charge is 0.251 e. The second-order valence-electron chi connectivity index (χ2n) is 6.02. The Bertz CT molecular complexity index is 650. The van der Waals surface area contributed by atoms with Gasteiger partial charge < -0.3 is 10.1 Å². The van der Waals surface area contributed by atoms with Gasteiger partial charge in [-0.3, -0.25) is 4.79 Å². The van der Waals surface area contributed by atoms with Gasteiger partial charge in [0, 0.05) is 25.2 Å². The summed E-state index contributed by atoms with van der Waals surface area (Å²) in [6, 6.07) is 7.19. The molecule has 0 aromatic heterocycles. The molecule has 1 amide bonds. The van der Waals surface area contributed by atoms with Gasteiger partial charge in [0.25, 0.3) is 5.91 Å². The van der Waals surface area contributed by atoms with Crippen LogP contribution in [0.1, 0.15) is 29.8 Å². The summed E-state index contributed by atoms with van der Waals surface area (Å²) in [6.07, 6.45) is -0.231. The van der Waals surface area contributed by atoms with Gasteiger partial charge in [-0.05, 0) is 32.9 Å². The molecule has 0 spiro atoms. The van der Waals surface area contributed by atoms with Crippen molar-refractivity contribution in [3.63, 3.8) is 0 Å². The van der Waals surface area contributed by atoms with Gasteiger partial charge in [0.1, 0.15) is 0 Å². The number of morpholine rings is 1. The van der Waals surface area contributed by atoms with E-state index in [0.717, 1.165) is 5.56 Å². The third kappa shape index (κ3) is 5.02. The third-order valence-electron chi connectivity index (χ3n) is 3.71. The Morgan fingerprint density at radius 3 is 2.57 bits per heavy atom. The Labute approximate surface area is 137 Å². The summed E-state index contributed by atoms with van der Waals surface area (Å²) < 4.78 is 31.7. The number of hydrogen-bond acceptors (Lipinski definition) is 4. The van der Waals surface area contributed by atoms with E-state index in [1.54, 1.807) is 18.2 Å². The van der Waals surface area contributed by atoms with Crippen LogP contribution in [0.5, 0.6) is 0 Å². The van der Waals surface area contributed by atoms with Crippen molar-refractivity contribution >= 4 is 15.9 Å². The molecule has 1 aliphatic rings. The van der Waals surface area contributed by atoms with Crippen molar-refractivity contribution in [1.82, 2.24) is 9.62 Å². The van der Waals surface area contributed by atoms with Gasteiger partial charge in [-0.1, -0.05) is 17.7 Å². The predicted molar refractivity (Wildman–Crippen MR) is 88.9 cm³/mol. The van der Waals surface area contributed by atoms with E-state index in [1.807, 2.05) is 26.8 Å². The number of nitrogens with one attached hydrogen (secondary N) is 1. The van der Waals surface area contributed by atoms with Crippen molar-refractivity contribution in [3.05, 3.63) is 35.4 Å². The second-order valence-corrected chi connectivity index (χ2v) is 8.10. The molecule has 1 heterocycles. The molecule has 128 valence electrons. The Hall–Kier alpha value is -1.44. The molecule has 0 unspecified atom stereocenters. The summed E-state index contributed by atoms with van der Waals surface area (Å²) in [4.78, 5) is 12.0. The molecule has 1 saturated heterocycles.